The highest BCUT2D eigenvalue weighted by Gasteiger charge is 2.68. The molecule has 1 aromatic rings. The summed E-state index contributed by atoms with van der Waals surface area (Å²) in [5.41, 5.74) is 1.04. The molecule has 1 aliphatic heterocycles. The summed E-state index contributed by atoms with van der Waals surface area (Å²) in [5, 5.41) is 0. The molecular weight excluding hydrogens is 294 g/mol. The predicted octanol–water partition coefficient (Wildman–Crippen LogP) is 2.50. The van der Waals surface area contributed by atoms with Gasteiger partial charge in [-0.05, 0) is 43.4 Å². The first-order valence-corrected chi connectivity index (χ1v) is 8.15. The number of esters is 2. The van der Waals surface area contributed by atoms with Crippen molar-refractivity contribution >= 4 is 17.6 Å². The lowest BCUT2D eigenvalue weighted by atomic mass is 9.98. The van der Waals surface area contributed by atoms with E-state index in [1.165, 1.54) is 39.2 Å². The maximum atomic E-state index is 12.1. The summed E-state index contributed by atoms with van der Waals surface area (Å²) in [6, 6.07) is 8.20. The molecule has 1 saturated heterocycles. The lowest BCUT2D eigenvalue weighted by Gasteiger charge is -2.29. The van der Waals surface area contributed by atoms with Gasteiger partial charge in [0.2, 0.25) is 0 Å². The average molecular weight is 317 g/mol. The molecule has 5 heteroatoms. The van der Waals surface area contributed by atoms with E-state index in [0.29, 0.717) is 6.42 Å². The minimum Gasteiger partial charge on any atom is -0.468 e. The number of benzene rings is 1. The molecule has 1 aliphatic carbocycles. The summed E-state index contributed by atoms with van der Waals surface area (Å²) in [4.78, 5) is 26.5. The summed E-state index contributed by atoms with van der Waals surface area (Å²) in [6.45, 7) is 2.19. The zero-order chi connectivity index (χ0) is 16.4. The van der Waals surface area contributed by atoms with Gasteiger partial charge in [-0.3, -0.25) is 9.59 Å². The van der Waals surface area contributed by atoms with Crippen molar-refractivity contribution in [2.45, 2.75) is 31.6 Å². The Morgan fingerprint density at radius 1 is 1.00 bits per heavy atom. The van der Waals surface area contributed by atoms with Crippen molar-refractivity contribution in [2.75, 3.05) is 32.2 Å². The SMILES string of the molecule is COC(=O)C1(C(=O)OC)CC1c1ccc(N2CCCCC2)cc1. The van der Waals surface area contributed by atoms with Gasteiger partial charge in [0.1, 0.15) is 0 Å². The number of carbonyl (C=O) groups is 2. The van der Waals surface area contributed by atoms with Crippen LogP contribution in [0.1, 0.15) is 37.2 Å². The van der Waals surface area contributed by atoms with Crippen LogP contribution in [0.4, 0.5) is 5.69 Å². The van der Waals surface area contributed by atoms with E-state index in [-0.39, 0.29) is 5.92 Å². The molecule has 23 heavy (non-hydrogen) atoms. The van der Waals surface area contributed by atoms with Crippen LogP contribution in [0.2, 0.25) is 0 Å². The van der Waals surface area contributed by atoms with Crippen LogP contribution in [0.25, 0.3) is 0 Å². The van der Waals surface area contributed by atoms with Crippen molar-refractivity contribution < 1.29 is 19.1 Å². The van der Waals surface area contributed by atoms with Crippen LogP contribution < -0.4 is 4.90 Å². The summed E-state index contributed by atoms with van der Waals surface area (Å²) >= 11 is 0. The Hall–Kier alpha value is -2.04. The van der Waals surface area contributed by atoms with E-state index in [1.807, 2.05) is 12.1 Å². The molecule has 3 rings (SSSR count). The monoisotopic (exact) mass is 317 g/mol. The number of nitrogens with zero attached hydrogens (tertiary/aromatic N) is 1. The third kappa shape index (κ3) is 2.69. The summed E-state index contributed by atoms with van der Waals surface area (Å²) in [7, 11) is 2.61. The summed E-state index contributed by atoms with van der Waals surface area (Å²) in [5.74, 6) is -1.17. The van der Waals surface area contributed by atoms with Crippen LogP contribution >= 0.6 is 0 Å². The molecule has 5 nitrogen and oxygen atoms in total. The van der Waals surface area contributed by atoms with Crippen molar-refractivity contribution in [2.24, 2.45) is 5.41 Å². The van der Waals surface area contributed by atoms with E-state index in [4.69, 9.17) is 9.47 Å². The van der Waals surface area contributed by atoms with Crippen molar-refractivity contribution in [1.29, 1.82) is 0 Å². The van der Waals surface area contributed by atoms with Crippen LogP contribution in [0.5, 0.6) is 0 Å². The second kappa shape index (κ2) is 6.22. The Balaban J connectivity index is 1.77. The first-order chi connectivity index (χ1) is 11.1. The van der Waals surface area contributed by atoms with Gasteiger partial charge < -0.3 is 14.4 Å². The van der Waals surface area contributed by atoms with Gasteiger partial charge in [0.25, 0.3) is 0 Å². The number of rotatable bonds is 4. The lowest BCUT2D eigenvalue weighted by Crippen LogP contribution is -2.30. The van der Waals surface area contributed by atoms with E-state index in [0.717, 1.165) is 18.7 Å². The predicted molar refractivity (Wildman–Crippen MR) is 86.3 cm³/mol. The van der Waals surface area contributed by atoms with Gasteiger partial charge in [0, 0.05) is 24.7 Å². The van der Waals surface area contributed by atoms with Crippen LogP contribution in [0.15, 0.2) is 24.3 Å². The minimum atomic E-state index is -1.16. The maximum absolute atomic E-state index is 12.1. The highest BCUT2D eigenvalue weighted by Crippen LogP contribution is 2.60. The molecule has 0 amide bonds. The molecule has 1 saturated carbocycles. The molecule has 1 heterocycles. The fraction of sp³-hybridized carbons (Fsp3) is 0.556. The molecule has 0 aromatic heterocycles. The Kier molecular flexibility index (Phi) is 4.28. The number of ether oxygens (including phenoxy) is 2. The maximum Gasteiger partial charge on any atom is 0.323 e. The van der Waals surface area contributed by atoms with Crippen LogP contribution in [-0.4, -0.2) is 39.2 Å². The van der Waals surface area contributed by atoms with Gasteiger partial charge in [0.15, 0.2) is 5.41 Å². The third-order valence-corrected chi connectivity index (χ3v) is 5.08. The quantitative estimate of drug-likeness (QED) is 0.631. The Morgan fingerprint density at radius 3 is 2.09 bits per heavy atom. The smallest absolute Gasteiger partial charge is 0.323 e. The van der Waals surface area contributed by atoms with E-state index in [2.05, 4.69) is 17.0 Å². The zero-order valence-corrected chi connectivity index (χ0v) is 13.7. The van der Waals surface area contributed by atoms with Crippen LogP contribution in [-0.2, 0) is 19.1 Å². The molecule has 1 aromatic carbocycles. The fourth-order valence-electron chi connectivity index (χ4n) is 3.63. The Morgan fingerprint density at radius 2 is 1.57 bits per heavy atom. The van der Waals surface area contributed by atoms with Gasteiger partial charge in [0.05, 0.1) is 14.2 Å². The van der Waals surface area contributed by atoms with Crippen molar-refractivity contribution in [1.82, 2.24) is 0 Å². The largest absolute Gasteiger partial charge is 0.468 e. The topological polar surface area (TPSA) is 55.8 Å². The number of anilines is 1. The molecule has 124 valence electrons. The molecule has 2 fully saturated rings. The Labute approximate surface area is 136 Å². The van der Waals surface area contributed by atoms with Gasteiger partial charge >= 0.3 is 11.9 Å². The molecule has 1 atom stereocenters. The fourth-order valence-corrected chi connectivity index (χ4v) is 3.63. The summed E-state index contributed by atoms with van der Waals surface area (Å²) in [6.07, 6.45) is 4.23. The van der Waals surface area contributed by atoms with Crippen LogP contribution in [0.3, 0.4) is 0 Å². The Bertz CT molecular complexity index is 574. The number of piperidine rings is 1. The first-order valence-electron chi connectivity index (χ1n) is 8.15. The van der Waals surface area contributed by atoms with E-state index in [1.54, 1.807) is 0 Å². The zero-order valence-electron chi connectivity index (χ0n) is 13.7. The first kappa shape index (κ1) is 15.8. The molecule has 0 radical (unpaired) electrons. The van der Waals surface area contributed by atoms with Gasteiger partial charge in [-0.1, -0.05) is 12.1 Å². The lowest BCUT2D eigenvalue weighted by molar-refractivity contribution is -0.161. The molecule has 2 aliphatic rings. The molecule has 0 bridgehead atoms. The highest BCUT2D eigenvalue weighted by atomic mass is 16.5. The second-order valence-electron chi connectivity index (χ2n) is 6.35. The van der Waals surface area contributed by atoms with Crippen LogP contribution in [0, 0.1) is 5.41 Å². The summed E-state index contributed by atoms with van der Waals surface area (Å²) < 4.78 is 9.65. The number of carbonyl (C=O) groups excluding carboxylic acids is 2. The van der Waals surface area contributed by atoms with Crippen molar-refractivity contribution in [3.8, 4) is 0 Å². The van der Waals surface area contributed by atoms with E-state index < -0.39 is 17.4 Å². The number of methoxy groups -OCH3 is 2. The van der Waals surface area contributed by atoms with E-state index in [9.17, 15) is 9.59 Å². The molecule has 0 N–H and O–H groups in total. The number of hydrogen-bond acceptors (Lipinski definition) is 5. The van der Waals surface area contributed by atoms with Gasteiger partial charge in [-0.15, -0.1) is 0 Å². The average Bonchev–Trinajstić information content (AvgIpc) is 3.38. The molecular formula is C18H23NO4. The normalized spacial score (nSPS) is 22.3. The van der Waals surface area contributed by atoms with E-state index >= 15 is 0 Å². The highest BCUT2D eigenvalue weighted by molar-refractivity contribution is 6.05. The van der Waals surface area contributed by atoms with Gasteiger partial charge in [-0.2, -0.15) is 0 Å². The second-order valence-corrected chi connectivity index (χ2v) is 6.35. The van der Waals surface area contributed by atoms with Crippen molar-refractivity contribution in [3.63, 3.8) is 0 Å². The van der Waals surface area contributed by atoms with Gasteiger partial charge in [-0.25, -0.2) is 0 Å². The third-order valence-electron chi connectivity index (χ3n) is 5.08. The van der Waals surface area contributed by atoms with Crippen molar-refractivity contribution in [3.05, 3.63) is 29.8 Å². The minimum absolute atomic E-state index is 0.155. The number of hydrogen-bond donors (Lipinski definition) is 0. The molecule has 0 spiro atoms. The standard InChI is InChI=1S/C18H23NO4/c1-22-16(20)18(17(21)23-2)12-15(18)13-6-8-14(9-7-13)19-10-4-3-5-11-19/h6-9,15H,3-5,10-12H2,1-2H3. The molecule has 1 unspecified atom stereocenters.